The molecule has 21 heteroatoms. The first-order chi connectivity index (χ1) is 33.5. The lowest BCUT2D eigenvalue weighted by molar-refractivity contribution is -0.137. The topological polar surface area (TPSA) is 227 Å². The van der Waals surface area contributed by atoms with Crippen LogP contribution in [0.2, 0.25) is 5.02 Å². The lowest BCUT2D eigenvalue weighted by Gasteiger charge is -2.29. The molecule has 5 N–H and O–H groups in total. The Morgan fingerprint density at radius 3 is 2.55 bits per heavy atom. The molecule has 69 heavy (non-hydrogen) atoms. The number of imide groups is 1. The Morgan fingerprint density at radius 1 is 0.928 bits per heavy atom. The van der Waals surface area contributed by atoms with Gasteiger partial charge in [-0.05, 0) is 67.1 Å². The van der Waals surface area contributed by atoms with Crippen LogP contribution >= 0.6 is 11.6 Å². The van der Waals surface area contributed by atoms with Crippen molar-refractivity contribution in [2.45, 2.75) is 51.5 Å². The van der Waals surface area contributed by atoms with E-state index in [9.17, 15) is 32.8 Å². The Kier molecular flexibility index (Phi) is 13.8. The zero-order valence-corrected chi connectivity index (χ0v) is 37.5. The Balaban J connectivity index is 0.678. The molecule has 6 aromatic rings. The number of carbonyl (C=O) groups excluding carboxylic acids is 5. The van der Waals surface area contributed by atoms with Gasteiger partial charge in [0.2, 0.25) is 23.7 Å². The fourth-order valence-corrected chi connectivity index (χ4v) is 8.39. The second-order valence-electron chi connectivity index (χ2n) is 16.3. The Hall–Kier alpha value is -7.81. The Morgan fingerprint density at radius 2 is 1.74 bits per heavy atom. The van der Waals surface area contributed by atoms with Gasteiger partial charge >= 0.3 is 0 Å². The summed E-state index contributed by atoms with van der Waals surface area (Å²) < 4.78 is 37.2. The van der Waals surface area contributed by atoms with Gasteiger partial charge in [-0.3, -0.25) is 39.0 Å². The second kappa shape index (κ2) is 20.6. The minimum absolute atomic E-state index is 0.0811. The van der Waals surface area contributed by atoms with Gasteiger partial charge in [0.05, 0.1) is 49.5 Å². The zero-order valence-electron chi connectivity index (χ0n) is 36.7. The average molecular weight is 957 g/mol. The van der Waals surface area contributed by atoms with Gasteiger partial charge in [0.1, 0.15) is 23.4 Å². The van der Waals surface area contributed by atoms with E-state index < -0.39 is 23.6 Å². The van der Waals surface area contributed by atoms with E-state index in [0.717, 1.165) is 0 Å². The summed E-state index contributed by atoms with van der Waals surface area (Å²) >= 11 is 6.34. The molecule has 0 spiro atoms. The molecule has 1 saturated heterocycles. The molecule has 0 saturated carbocycles. The molecule has 4 aromatic carbocycles. The van der Waals surface area contributed by atoms with Gasteiger partial charge in [-0.25, -0.2) is 18.7 Å². The largest absolute Gasteiger partial charge is 0.373 e. The molecule has 3 aliphatic heterocycles. The highest BCUT2D eigenvalue weighted by Gasteiger charge is 2.40. The molecule has 0 aliphatic carbocycles. The summed E-state index contributed by atoms with van der Waals surface area (Å²) in [6.07, 6.45) is 3.95. The number of hydrogen-bond donors (Lipinski definition) is 5. The molecule has 5 amide bonds. The van der Waals surface area contributed by atoms with Crippen molar-refractivity contribution in [1.29, 1.82) is 0 Å². The van der Waals surface area contributed by atoms with Gasteiger partial charge in [0.15, 0.2) is 0 Å². The molecule has 1 unspecified atom stereocenters. The molecule has 2 aromatic heterocycles. The number of carbonyl (C=O) groups is 5. The summed E-state index contributed by atoms with van der Waals surface area (Å²) in [5.74, 6) is -2.92. The van der Waals surface area contributed by atoms with E-state index in [2.05, 4.69) is 46.9 Å². The summed E-state index contributed by atoms with van der Waals surface area (Å²) in [6, 6.07) is 19.8. The normalized spacial score (nSPS) is 15.1. The first kappa shape index (κ1) is 46.3. The van der Waals surface area contributed by atoms with E-state index in [4.69, 9.17) is 21.3 Å². The van der Waals surface area contributed by atoms with Crippen molar-refractivity contribution in [3.63, 3.8) is 0 Å². The smallest absolute Gasteiger partial charge is 0.255 e. The highest BCUT2D eigenvalue weighted by Crippen LogP contribution is 2.35. The number of hydrogen-bond acceptors (Lipinski definition) is 13. The number of aromatic nitrogens is 5. The van der Waals surface area contributed by atoms with Gasteiger partial charge in [-0.2, -0.15) is 0 Å². The quantitative estimate of drug-likeness (QED) is 0.0596. The van der Waals surface area contributed by atoms with Gasteiger partial charge < -0.3 is 30.9 Å². The SMILES string of the molecule is O=C1CCC(N2Cc3c(NC(=O)CCNCCn4cc(COCCNC(=O)c5ccc(Nc6ncc7c(n6)-c6ccc(Cl)cc6C(c6c(F)cccc6F)=NC7)cc5)nn4)cccc3C2=O)C(=O)N1. The molecule has 0 bridgehead atoms. The average Bonchev–Trinajstić information content (AvgIpc) is 3.89. The Bertz CT molecular complexity index is 3000. The van der Waals surface area contributed by atoms with Gasteiger partial charge in [0.25, 0.3) is 11.8 Å². The standard InChI is InChI=1S/C48H43ClF2N12O6/c49-29-9-12-32-34(21-29)44(42-36(50)4-2-5-37(42)51)54-22-28-23-55-48(59-43(28)32)56-30-10-7-27(8-11-30)45(66)53-18-20-69-26-31-24-62(61-60-31)19-17-52-16-15-41(65)57-38-6-1-3-33-35(38)25-63(47(33)68)39-13-14-40(64)58-46(39)67/h1-12,21,23-24,39,52H,13-20,22,25-26H2,(H,53,66)(H,57,65)(H,55,56,59)(H,58,64,67). The summed E-state index contributed by atoms with van der Waals surface area (Å²) in [4.78, 5) is 78.0. The maximum Gasteiger partial charge on any atom is 0.255 e. The predicted molar refractivity (Wildman–Crippen MR) is 249 cm³/mol. The fraction of sp³-hybridized carbons (Fsp3) is 0.250. The molecule has 1 atom stereocenters. The van der Waals surface area contributed by atoms with Crippen LogP contribution in [0.25, 0.3) is 11.3 Å². The Labute approximate surface area is 397 Å². The minimum Gasteiger partial charge on any atom is -0.373 e. The predicted octanol–water partition coefficient (Wildman–Crippen LogP) is 5.09. The van der Waals surface area contributed by atoms with E-state index in [1.807, 2.05) is 0 Å². The molecule has 352 valence electrons. The van der Waals surface area contributed by atoms with Crippen LogP contribution in [0, 0.1) is 11.6 Å². The summed E-state index contributed by atoms with van der Waals surface area (Å²) in [6.45, 7) is 2.31. The number of fused-ring (bicyclic) bond motifs is 4. The van der Waals surface area contributed by atoms with Crippen LogP contribution in [-0.4, -0.2) is 97.4 Å². The van der Waals surface area contributed by atoms with Crippen LogP contribution in [0.1, 0.15) is 67.9 Å². The van der Waals surface area contributed by atoms with Crippen molar-refractivity contribution >= 4 is 64.2 Å². The zero-order chi connectivity index (χ0) is 48.0. The van der Waals surface area contributed by atoms with E-state index in [1.165, 1.54) is 23.1 Å². The lowest BCUT2D eigenvalue weighted by atomic mass is 9.95. The number of rotatable bonds is 17. The maximum absolute atomic E-state index is 14.9. The van der Waals surface area contributed by atoms with Crippen molar-refractivity contribution in [1.82, 2.24) is 45.8 Å². The minimum atomic E-state index is -0.745. The molecule has 5 heterocycles. The maximum atomic E-state index is 14.9. The molecule has 18 nitrogen and oxygen atoms in total. The van der Waals surface area contributed by atoms with Gasteiger partial charge in [-0.1, -0.05) is 35.0 Å². The molecular formula is C48H43ClF2N12O6. The second-order valence-corrected chi connectivity index (χ2v) is 16.7. The highest BCUT2D eigenvalue weighted by molar-refractivity contribution is 6.31. The number of amides is 5. The van der Waals surface area contributed by atoms with Crippen LogP contribution < -0.4 is 26.6 Å². The fourth-order valence-electron chi connectivity index (χ4n) is 8.22. The lowest BCUT2D eigenvalue weighted by Crippen LogP contribution is -2.52. The number of benzene rings is 4. The van der Waals surface area contributed by atoms with Gasteiger partial charge in [-0.15, -0.1) is 5.10 Å². The number of anilines is 3. The number of piperidine rings is 1. The highest BCUT2D eigenvalue weighted by atomic mass is 35.5. The van der Waals surface area contributed by atoms with E-state index >= 15 is 0 Å². The summed E-state index contributed by atoms with van der Waals surface area (Å²) in [7, 11) is 0. The third kappa shape index (κ3) is 10.5. The number of nitrogens with zero attached hydrogens (tertiary/aromatic N) is 7. The number of aliphatic imine (C=N–C) groups is 1. The van der Waals surface area contributed by atoms with Crippen LogP contribution in [-0.2, 0) is 45.4 Å². The molecule has 9 rings (SSSR count). The summed E-state index contributed by atoms with van der Waals surface area (Å²) in [5.41, 5.74) is 5.29. The van der Waals surface area contributed by atoms with Crippen molar-refractivity contribution in [2.75, 3.05) is 36.9 Å². The third-order valence-electron chi connectivity index (χ3n) is 11.6. The van der Waals surface area contributed by atoms with Crippen LogP contribution in [0.5, 0.6) is 0 Å². The summed E-state index contributed by atoms with van der Waals surface area (Å²) in [5, 5.41) is 23.0. The monoisotopic (exact) mass is 956 g/mol. The van der Waals surface area contributed by atoms with E-state index in [1.54, 1.807) is 77.7 Å². The van der Waals surface area contributed by atoms with E-state index in [0.29, 0.717) is 80.8 Å². The first-order valence-electron chi connectivity index (χ1n) is 22.0. The third-order valence-corrected chi connectivity index (χ3v) is 11.9. The van der Waals surface area contributed by atoms with Crippen LogP contribution in [0.4, 0.5) is 26.1 Å². The van der Waals surface area contributed by atoms with Crippen LogP contribution in [0.15, 0.2) is 96.2 Å². The number of ether oxygens (including phenoxy) is 1. The molecular weight excluding hydrogens is 914 g/mol. The number of nitrogens with one attached hydrogen (secondary N) is 5. The van der Waals surface area contributed by atoms with E-state index in [-0.39, 0.29) is 93.0 Å². The van der Waals surface area contributed by atoms with Crippen molar-refractivity contribution in [2.24, 2.45) is 4.99 Å². The first-order valence-corrected chi connectivity index (χ1v) is 22.4. The van der Waals surface area contributed by atoms with Crippen LogP contribution in [0.3, 0.4) is 0 Å². The van der Waals surface area contributed by atoms with Crippen molar-refractivity contribution < 1.29 is 37.5 Å². The molecule has 0 radical (unpaired) electrons. The van der Waals surface area contributed by atoms with Gasteiger partial charge in [0, 0.05) is 95.0 Å². The molecule has 1 fully saturated rings. The molecule has 3 aliphatic rings. The van der Waals surface area contributed by atoms with Crippen molar-refractivity contribution in [3.8, 4) is 11.3 Å². The van der Waals surface area contributed by atoms with Crippen molar-refractivity contribution in [3.05, 3.63) is 147 Å². The number of halogens is 3.